The Morgan fingerprint density at radius 2 is 2.07 bits per heavy atom. The third kappa shape index (κ3) is 4.28. The van der Waals surface area contributed by atoms with Crippen LogP contribution in [-0.2, 0) is 19.1 Å². The number of carbonyl (C=O) groups excluding carboxylic acids is 2. The summed E-state index contributed by atoms with van der Waals surface area (Å²) in [5.41, 5.74) is 0. The first-order valence-electron chi connectivity index (χ1n) is 4.04. The third-order valence-corrected chi connectivity index (χ3v) is 1.85. The standard InChI is InChI=1S/C9H13ClO4/c1-4-7(10)5-14-9(12)6(2)8(11)13-3/h4,6-7H,1,5H2,2-3H3. The number of carbonyl (C=O) groups is 2. The lowest BCUT2D eigenvalue weighted by atomic mass is 10.2. The van der Waals surface area contributed by atoms with Gasteiger partial charge in [0.1, 0.15) is 6.61 Å². The van der Waals surface area contributed by atoms with Crippen molar-refractivity contribution in [3.8, 4) is 0 Å². The second-order valence-electron chi connectivity index (χ2n) is 2.63. The minimum atomic E-state index is -0.923. The molecule has 0 fully saturated rings. The Morgan fingerprint density at radius 1 is 1.50 bits per heavy atom. The predicted molar refractivity (Wildman–Crippen MR) is 52.0 cm³/mol. The molecule has 0 spiro atoms. The number of methoxy groups -OCH3 is 1. The first-order chi connectivity index (χ1) is 6.52. The molecule has 0 amide bonds. The highest BCUT2D eigenvalue weighted by atomic mass is 35.5. The van der Waals surface area contributed by atoms with Gasteiger partial charge in [0.25, 0.3) is 0 Å². The summed E-state index contributed by atoms with van der Waals surface area (Å²) in [5, 5.41) is -0.441. The van der Waals surface area contributed by atoms with E-state index in [1.165, 1.54) is 20.1 Å². The van der Waals surface area contributed by atoms with E-state index in [2.05, 4.69) is 11.3 Å². The van der Waals surface area contributed by atoms with Gasteiger partial charge in [0.05, 0.1) is 12.5 Å². The van der Waals surface area contributed by atoms with Gasteiger partial charge in [-0.1, -0.05) is 6.08 Å². The second-order valence-corrected chi connectivity index (χ2v) is 3.19. The summed E-state index contributed by atoms with van der Waals surface area (Å²) in [6.45, 7) is 4.83. The first kappa shape index (κ1) is 13.0. The molecule has 0 aliphatic rings. The van der Waals surface area contributed by atoms with Crippen LogP contribution in [0.1, 0.15) is 6.92 Å². The molecule has 0 radical (unpaired) electrons. The van der Waals surface area contributed by atoms with Crippen molar-refractivity contribution in [3.05, 3.63) is 12.7 Å². The van der Waals surface area contributed by atoms with Crippen LogP contribution in [0.15, 0.2) is 12.7 Å². The number of ether oxygens (including phenoxy) is 2. The van der Waals surface area contributed by atoms with Gasteiger partial charge in [-0.05, 0) is 6.92 Å². The molecule has 0 aliphatic heterocycles. The van der Waals surface area contributed by atoms with Gasteiger partial charge in [-0.15, -0.1) is 18.2 Å². The number of hydrogen-bond acceptors (Lipinski definition) is 4. The van der Waals surface area contributed by atoms with E-state index in [1.54, 1.807) is 0 Å². The smallest absolute Gasteiger partial charge is 0.320 e. The molecule has 0 aromatic carbocycles. The average Bonchev–Trinajstić information content (AvgIpc) is 2.22. The number of halogens is 1. The van der Waals surface area contributed by atoms with Crippen LogP contribution >= 0.6 is 11.6 Å². The summed E-state index contributed by atoms with van der Waals surface area (Å²) in [7, 11) is 1.21. The topological polar surface area (TPSA) is 52.6 Å². The number of esters is 2. The van der Waals surface area contributed by atoms with Crippen molar-refractivity contribution in [3.63, 3.8) is 0 Å². The monoisotopic (exact) mass is 220 g/mol. The fourth-order valence-corrected chi connectivity index (χ4v) is 0.691. The normalized spacial score (nSPS) is 13.9. The largest absolute Gasteiger partial charge is 0.468 e. The Balaban J connectivity index is 3.96. The fourth-order valence-electron chi connectivity index (χ4n) is 0.628. The molecule has 0 aliphatic carbocycles. The Morgan fingerprint density at radius 3 is 2.50 bits per heavy atom. The van der Waals surface area contributed by atoms with Gasteiger partial charge in [-0.25, -0.2) is 0 Å². The van der Waals surface area contributed by atoms with E-state index in [0.717, 1.165) is 0 Å². The maximum absolute atomic E-state index is 11.1. The summed E-state index contributed by atoms with van der Waals surface area (Å²) in [4.78, 5) is 22.0. The van der Waals surface area contributed by atoms with Crippen LogP contribution in [0.5, 0.6) is 0 Å². The summed E-state index contributed by atoms with van der Waals surface area (Å²) in [5.74, 6) is -2.20. The number of alkyl halides is 1. The Labute approximate surface area is 87.8 Å². The van der Waals surface area contributed by atoms with Crippen LogP contribution in [-0.4, -0.2) is 31.0 Å². The van der Waals surface area contributed by atoms with Crippen molar-refractivity contribution in [2.75, 3.05) is 13.7 Å². The Kier molecular flexibility index (Phi) is 5.95. The summed E-state index contributed by atoms with van der Waals surface area (Å²) < 4.78 is 9.11. The maximum Gasteiger partial charge on any atom is 0.320 e. The molecule has 14 heavy (non-hydrogen) atoms. The molecule has 0 saturated heterocycles. The van der Waals surface area contributed by atoms with E-state index in [9.17, 15) is 9.59 Å². The average molecular weight is 221 g/mol. The SMILES string of the molecule is C=CC(Cl)COC(=O)C(C)C(=O)OC. The van der Waals surface area contributed by atoms with Crippen LogP contribution in [0.2, 0.25) is 0 Å². The van der Waals surface area contributed by atoms with Crippen molar-refractivity contribution in [1.82, 2.24) is 0 Å². The van der Waals surface area contributed by atoms with Crippen molar-refractivity contribution in [2.45, 2.75) is 12.3 Å². The van der Waals surface area contributed by atoms with E-state index in [4.69, 9.17) is 16.3 Å². The zero-order valence-corrected chi connectivity index (χ0v) is 8.91. The van der Waals surface area contributed by atoms with Gasteiger partial charge >= 0.3 is 11.9 Å². The number of hydrogen-bond donors (Lipinski definition) is 0. The minimum absolute atomic E-state index is 0.00518. The molecular formula is C9H13ClO4. The summed E-state index contributed by atoms with van der Waals surface area (Å²) in [6, 6.07) is 0. The van der Waals surface area contributed by atoms with E-state index < -0.39 is 23.2 Å². The van der Waals surface area contributed by atoms with Crippen LogP contribution in [0.4, 0.5) is 0 Å². The predicted octanol–water partition coefficient (Wildman–Crippen LogP) is 1.13. The third-order valence-electron chi connectivity index (χ3n) is 1.55. The van der Waals surface area contributed by atoms with Gasteiger partial charge in [-0.2, -0.15) is 0 Å². The van der Waals surface area contributed by atoms with Crippen LogP contribution in [0.3, 0.4) is 0 Å². The van der Waals surface area contributed by atoms with Gasteiger partial charge < -0.3 is 9.47 Å². The lowest BCUT2D eigenvalue weighted by Crippen LogP contribution is -2.26. The summed E-state index contributed by atoms with van der Waals surface area (Å²) >= 11 is 5.62. The molecule has 80 valence electrons. The molecule has 2 atom stereocenters. The molecular weight excluding hydrogens is 208 g/mol. The van der Waals surface area contributed by atoms with Crippen molar-refractivity contribution >= 4 is 23.5 Å². The molecule has 0 rings (SSSR count). The molecule has 0 aromatic rings. The molecule has 5 heteroatoms. The molecule has 0 heterocycles. The number of rotatable bonds is 5. The highest BCUT2D eigenvalue weighted by Gasteiger charge is 2.23. The van der Waals surface area contributed by atoms with Gasteiger partial charge in [0.2, 0.25) is 0 Å². The summed E-state index contributed by atoms with van der Waals surface area (Å²) in [6.07, 6.45) is 1.44. The zero-order chi connectivity index (χ0) is 11.1. The molecule has 0 bridgehead atoms. The fraction of sp³-hybridized carbons (Fsp3) is 0.556. The highest BCUT2D eigenvalue weighted by molar-refractivity contribution is 6.21. The zero-order valence-electron chi connectivity index (χ0n) is 8.16. The van der Waals surface area contributed by atoms with E-state index in [-0.39, 0.29) is 6.61 Å². The van der Waals surface area contributed by atoms with Gasteiger partial charge in [0, 0.05) is 0 Å². The van der Waals surface area contributed by atoms with Crippen LogP contribution in [0, 0.1) is 5.92 Å². The Hall–Kier alpha value is -1.03. The van der Waals surface area contributed by atoms with E-state index in [0.29, 0.717) is 0 Å². The Bertz CT molecular complexity index is 227. The highest BCUT2D eigenvalue weighted by Crippen LogP contribution is 2.04. The van der Waals surface area contributed by atoms with Crippen LogP contribution in [0.25, 0.3) is 0 Å². The van der Waals surface area contributed by atoms with Crippen molar-refractivity contribution in [2.24, 2.45) is 5.92 Å². The van der Waals surface area contributed by atoms with Crippen molar-refractivity contribution < 1.29 is 19.1 Å². The first-order valence-corrected chi connectivity index (χ1v) is 4.47. The van der Waals surface area contributed by atoms with E-state index >= 15 is 0 Å². The van der Waals surface area contributed by atoms with E-state index in [1.807, 2.05) is 0 Å². The molecule has 0 saturated carbocycles. The van der Waals surface area contributed by atoms with Crippen molar-refractivity contribution in [1.29, 1.82) is 0 Å². The lowest BCUT2D eigenvalue weighted by molar-refractivity contribution is -0.159. The lowest BCUT2D eigenvalue weighted by Gasteiger charge is -2.10. The quantitative estimate of drug-likeness (QED) is 0.302. The molecule has 0 aromatic heterocycles. The van der Waals surface area contributed by atoms with Crippen LogP contribution < -0.4 is 0 Å². The minimum Gasteiger partial charge on any atom is -0.468 e. The van der Waals surface area contributed by atoms with Gasteiger partial charge in [0.15, 0.2) is 5.92 Å². The maximum atomic E-state index is 11.1. The molecule has 0 N–H and O–H groups in total. The molecule has 4 nitrogen and oxygen atoms in total. The van der Waals surface area contributed by atoms with Gasteiger partial charge in [-0.3, -0.25) is 9.59 Å². The molecule has 2 unspecified atom stereocenters. The second kappa shape index (κ2) is 6.43.